The highest BCUT2D eigenvalue weighted by atomic mass is 35.5. The topological polar surface area (TPSA) is 81.7 Å². The average Bonchev–Trinajstić information content (AvgIpc) is 3.48. The van der Waals surface area contributed by atoms with Gasteiger partial charge in [-0.3, -0.25) is 4.57 Å². The summed E-state index contributed by atoms with van der Waals surface area (Å²) in [6, 6.07) is 11.7. The van der Waals surface area contributed by atoms with Crippen molar-refractivity contribution in [2.45, 2.75) is 24.9 Å². The molecular weight excluding hydrogens is 429 g/mol. The van der Waals surface area contributed by atoms with Crippen LogP contribution in [0.2, 0.25) is 5.02 Å². The lowest BCUT2D eigenvalue weighted by Crippen LogP contribution is -2.08. The summed E-state index contributed by atoms with van der Waals surface area (Å²) < 4.78 is 40.3. The van der Waals surface area contributed by atoms with Crippen molar-refractivity contribution < 1.29 is 13.2 Å². The molecule has 158 valence electrons. The molecule has 1 aliphatic rings. The number of nitrogen functional groups attached to an aromatic ring is 1. The van der Waals surface area contributed by atoms with Crippen LogP contribution in [0.3, 0.4) is 0 Å². The number of nitrogens with zero attached hydrogens (tertiary/aromatic N) is 4. The van der Waals surface area contributed by atoms with Crippen molar-refractivity contribution in [2.75, 3.05) is 11.1 Å². The molecule has 10 heteroatoms. The first-order valence-electron chi connectivity index (χ1n) is 9.55. The predicted octanol–water partition coefficient (Wildman–Crippen LogP) is 5.69. The van der Waals surface area contributed by atoms with Gasteiger partial charge < -0.3 is 11.1 Å². The van der Waals surface area contributed by atoms with Crippen LogP contribution < -0.4 is 11.1 Å². The average molecular weight is 445 g/mol. The first-order chi connectivity index (χ1) is 14.8. The molecular formula is C21H16ClF3N6. The summed E-state index contributed by atoms with van der Waals surface area (Å²) in [6.07, 6.45) is -2.33. The van der Waals surface area contributed by atoms with Crippen LogP contribution in [-0.2, 0) is 6.18 Å². The van der Waals surface area contributed by atoms with Gasteiger partial charge >= 0.3 is 6.18 Å². The highest BCUT2D eigenvalue weighted by Crippen LogP contribution is 2.42. The molecule has 3 N–H and O–H groups in total. The normalized spacial score (nSPS) is 14.2. The molecule has 0 unspecified atom stereocenters. The molecule has 2 aromatic carbocycles. The Morgan fingerprint density at radius 2 is 1.74 bits per heavy atom. The number of anilines is 3. The van der Waals surface area contributed by atoms with Crippen LogP contribution in [0.4, 0.5) is 30.6 Å². The highest BCUT2D eigenvalue weighted by molar-refractivity contribution is 6.31. The molecule has 0 atom stereocenters. The Labute approximate surface area is 179 Å². The Morgan fingerprint density at radius 1 is 1.00 bits per heavy atom. The van der Waals surface area contributed by atoms with Gasteiger partial charge in [-0.05, 0) is 55.3 Å². The van der Waals surface area contributed by atoms with Gasteiger partial charge in [0.25, 0.3) is 0 Å². The van der Waals surface area contributed by atoms with E-state index in [1.165, 1.54) is 12.1 Å². The van der Waals surface area contributed by atoms with Crippen molar-refractivity contribution in [1.82, 2.24) is 19.5 Å². The number of nitrogens with two attached hydrogens (primary N) is 1. The number of imidazole rings is 1. The first-order valence-corrected chi connectivity index (χ1v) is 9.93. The molecule has 6 nitrogen and oxygen atoms in total. The number of alkyl halides is 3. The third-order valence-corrected chi connectivity index (χ3v) is 5.25. The van der Waals surface area contributed by atoms with E-state index < -0.39 is 11.7 Å². The number of benzene rings is 2. The minimum absolute atomic E-state index is 0.173. The summed E-state index contributed by atoms with van der Waals surface area (Å²) in [5.41, 5.74) is 7.29. The third-order valence-electron chi connectivity index (χ3n) is 5.01. The molecule has 2 aromatic heterocycles. The molecule has 0 amide bonds. The molecule has 1 saturated carbocycles. The number of hydrogen-bond acceptors (Lipinski definition) is 5. The molecule has 31 heavy (non-hydrogen) atoms. The van der Waals surface area contributed by atoms with Gasteiger partial charge in [-0.15, -0.1) is 0 Å². The van der Waals surface area contributed by atoms with E-state index in [1.54, 1.807) is 18.2 Å². The summed E-state index contributed by atoms with van der Waals surface area (Å²) in [5, 5.41) is 3.51. The molecule has 4 aromatic rings. The summed E-state index contributed by atoms with van der Waals surface area (Å²) >= 11 is 6.13. The van der Waals surface area contributed by atoms with E-state index in [2.05, 4.69) is 15.3 Å². The van der Waals surface area contributed by atoms with Crippen molar-refractivity contribution in [2.24, 2.45) is 0 Å². The number of aromatic nitrogens is 4. The Balaban J connectivity index is 1.54. The SMILES string of the molecule is Nc1cc(-n2c(C3CC3)nc3cc(Cl)ccc32)nc(Nc2ccc(C(F)(F)F)cc2)n1. The monoisotopic (exact) mass is 444 g/mol. The molecule has 0 radical (unpaired) electrons. The minimum Gasteiger partial charge on any atom is -0.383 e. The van der Waals surface area contributed by atoms with Gasteiger partial charge in [-0.1, -0.05) is 11.6 Å². The molecule has 1 aliphatic carbocycles. The second-order valence-corrected chi connectivity index (χ2v) is 7.82. The van der Waals surface area contributed by atoms with Crippen molar-refractivity contribution in [1.29, 1.82) is 0 Å². The largest absolute Gasteiger partial charge is 0.416 e. The number of hydrogen-bond donors (Lipinski definition) is 2. The van der Waals surface area contributed by atoms with Gasteiger partial charge in [-0.2, -0.15) is 23.1 Å². The first kappa shape index (κ1) is 19.6. The van der Waals surface area contributed by atoms with Crippen LogP contribution in [0.25, 0.3) is 16.9 Å². The van der Waals surface area contributed by atoms with Gasteiger partial charge in [0.05, 0.1) is 16.6 Å². The molecule has 0 saturated heterocycles. The Hall–Kier alpha value is -3.33. The summed E-state index contributed by atoms with van der Waals surface area (Å²) in [4.78, 5) is 13.5. The van der Waals surface area contributed by atoms with Crippen LogP contribution in [0.15, 0.2) is 48.5 Å². The fourth-order valence-electron chi connectivity index (χ4n) is 3.42. The standard InChI is InChI=1S/C21H16ClF3N6/c22-13-5-8-16-15(9-13)28-19(11-1-2-11)31(16)18-10-17(26)29-20(30-18)27-14-6-3-12(4-7-14)21(23,24)25/h3-11H,1-2H2,(H3,26,27,29,30). The maximum absolute atomic E-state index is 12.8. The van der Waals surface area contributed by atoms with Crippen LogP contribution in [0.1, 0.15) is 30.1 Å². The van der Waals surface area contributed by atoms with Crippen LogP contribution in [-0.4, -0.2) is 19.5 Å². The van der Waals surface area contributed by atoms with Crippen molar-refractivity contribution in [3.63, 3.8) is 0 Å². The van der Waals surface area contributed by atoms with Gasteiger partial charge in [-0.25, -0.2) is 4.98 Å². The molecule has 1 fully saturated rings. The van der Waals surface area contributed by atoms with E-state index >= 15 is 0 Å². The highest BCUT2D eigenvalue weighted by Gasteiger charge is 2.31. The smallest absolute Gasteiger partial charge is 0.383 e. The van der Waals surface area contributed by atoms with Crippen LogP contribution >= 0.6 is 11.6 Å². The minimum atomic E-state index is -4.40. The zero-order chi connectivity index (χ0) is 21.8. The van der Waals surface area contributed by atoms with Gasteiger partial charge in [0.2, 0.25) is 5.95 Å². The zero-order valence-electron chi connectivity index (χ0n) is 16.0. The zero-order valence-corrected chi connectivity index (χ0v) is 16.7. The van der Waals surface area contributed by atoms with E-state index in [9.17, 15) is 13.2 Å². The lowest BCUT2D eigenvalue weighted by atomic mass is 10.2. The molecule has 2 heterocycles. The van der Waals surface area contributed by atoms with E-state index in [1.807, 2.05) is 10.6 Å². The summed E-state index contributed by atoms with van der Waals surface area (Å²) in [7, 11) is 0. The molecule has 5 rings (SSSR count). The third kappa shape index (κ3) is 3.88. The fraction of sp³-hybridized carbons (Fsp3) is 0.190. The Kier molecular flexibility index (Phi) is 4.51. The maximum Gasteiger partial charge on any atom is 0.416 e. The summed E-state index contributed by atoms with van der Waals surface area (Å²) in [6.45, 7) is 0. The maximum atomic E-state index is 12.8. The van der Waals surface area contributed by atoms with E-state index in [0.717, 1.165) is 41.8 Å². The van der Waals surface area contributed by atoms with Crippen molar-refractivity contribution in [3.8, 4) is 5.82 Å². The molecule has 0 aliphatic heterocycles. The lowest BCUT2D eigenvalue weighted by Gasteiger charge is -2.12. The second kappa shape index (κ2) is 7.12. The van der Waals surface area contributed by atoms with E-state index in [-0.39, 0.29) is 11.8 Å². The van der Waals surface area contributed by atoms with Crippen LogP contribution in [0.5, 0.6) is 0 Å². The van der Waals surface area contributed by atoms with Crippen molar-refractivity contribution in [3.05, 3.63) is 64.9 Å². The lowest BCUT2D eigenvalue weighted by molar-refractivity contribution is -0.137. The molecule has 0 bridgehead atoms. The number of fused-ring (bicyclic) bond motifs is 1. The number of halogens is 4. The quantitative estimate of drug-likeness (QED) is 0.422. The van der Waals surface area contributed by atoms with Crippen LogP contribution in [0, 0.1) is 0 Å². The predicted molar refractivity (Wildman–Crippen MR) is 113 cm³/mol. The number of rotatable bonds is 4. The van der Waals surface area contributed by atoms with Gasteiger partial charge in [0, 0.05) is 22.7 Å². The Morgan fingerprint density at radius 3 is 2.42 bits per heavy atom. The summed E-state index contributed by atoms with van der Waals surface area (Å²) in [5.74, 6) is 2.11. The Bertz CT molecular complexity index is 1280. The molecule has 0 spiro atoms. The van der Waals surface area contributed by atoms with Gasteiger partial charge in [0.1, 0.15) is 17.5 Å². The number of nitrogens with one attached hydrogen (secondary N) is 1. The fourth-order valence-corrected chi connectivity index (χ4v) is 3.59. The van der Waals surface area contributed by atoms with E-state index in [0.29, 0.717) is 22.4 Å². The second-order valence-electron chi connectivity index (χ2n) is 7.39. The van der Waals surface area contributed by atoms with Gasteiger partial charge in [0.15, 0.2) is 0 Å². The van der Waals surface area contributed by atoms with E-state index in [4.69, 9.17) is 22.3 Å². The van der Waals surface area contributed by atoms with Crippen molar-refractivity contribution >= 4 is 40.1 Å².